The molecule has 8 aromatic carbocycles. The van der Waals surface area contributed by atoms with Crippen LogP contribution >= 0.6 is 11.6 Å². The second kappa shape index (κ2) is 21.4. The van der Waals surface area contributed by atoms with Gasteiger partial charge in [-0.3, -0.25) is 4.57 Å². The monoisotopic (exact) mass is 1110 g/mol. The van der Waals surface area contributed by atoms with Crippen LogP contribution in [-0.2, 0) is 37.9 Å². The van der Waals surface area contributed by atoms with Gasteiger partial charge in [0.2, 0.25) is 0 Å². The average Bonchev–Trinajstić information content (AvgIpc) is 2.33. The molecule has 0 spiro atoms. The molecule has 0 saturated heterocycles. The van der Waals surface area contributed by atoms with Crippen LogP contribution < -0.4 is 9.80 Å². The van der Waals surface area contributed by atoms with Crippen LogP contribution in [0.25, 0.3) is 39.2 Å². The summed E-state index contributed by atoms with van der Waals surface area (Å²) in [5, 5.41) is 0.623. The first-order valence-corrected chi connectivity index (χ1v) is 30.0. The maximum atomic E-state index is 8.58. The summed E-state index contributed by atoms with van der Waals surface area (Å²) in [6.07, 6.45) is 0. The minimum absolute atomic E-state index is 0.000710. The molecule has 82 heavy (non-hydrogen) atoms. The molecular weight excluding hydrogens is 1020 g/mol. The molecule has 5 heteroatoms. The predicted molar refractivity (Wildman–Crippen MR) is 357 cm³/mol. The van der Waals surface area contributed by atoms with E-state index in [0.717, 1.165) is 78.9 Å². The molecule has 0 N–H and O–H groups in total. The van der Waals surface area contributed by atoms with Crippen LogP contribution in [0, 0.1) is 0 Å². The van der Waals surface area contributed by atoms with E-state index in [0.29, 0.717) is 5.02 Å². The van der Waals surface area contributed by atoms with E-state index in [1.807, 2.05) is 0 Å². The second-order valence-corrected chi connectivity index (χ2v) is 30.6. The van der Waals surface area contributed by atoms with Crippen LogP contribution in [0.15, 0.2) is 170 Å². The highest BCUT2D eigenvalue weighted by molar-refractivity contribution is 6.37. The lowest BCUT2D eigenvalue weighted by atomic mass is 9.80. The first kappa shape index (κ1) is 59.7. The van der Waals surface area contributed by atoms with Gasteiger partial charge in [-0.25, -0.2) is 4.98 Å². The van der Waals surface area contributed by atoms with Crippen molar-refractivity contribution in [2.45, 2.75) is 183 Å². The van der Waals surface area contributed by atoms with Crippen molar-refractivity contribution < 1.29 is 0 Å². The van der Waals surface area contributed by atoms with Crippen LogP contribution in [0.1, 0.15) is 184 Å². The Hall–Kier alpha value is -6.88. The number of aromatic nitrogens is 2. The zero-order valence-electron chi connectivity index (χ0n) is 53.3. The van der Waals surface area contributed by atoms with Gasteiger partial charge in [0.05, 0.1) is 33.3 Å². The zero-order chi connectivity index (χ0) is 59.9. The van der Waals surface area contributed by atoms with Gasteiger partial charge in [-0.1, -0.05) is 254 Å². The smallest absolute Gasteiger partial charge is 0.145 e. The average molecular weight is 1110 g/mol. The lowest BCUT2D eigenvalue weighted by molar-refractivity contribution is 0.568. The van der Waals surface area contributed by atoms with Crippen molar-refractivity contribution in [3.8, 4) is 28.2 Å². The second-order valence-electron chi connectivity index (χ2n) is 30.2. The molecule has 0 saturated carbocycles. The lowest BCUT2D eigenvalue weighted by Crippen LogP contribution is -2.21. The number of hydrogen-bond donors (Lipinski definition) is 0. The van der Waals surface area contributed by atoms with Crippen molar-refractivity contribution in [3.63, 3.8) is 0 Å². The molecule has 0 atom stereocenters. The first-order valence-electron chi connectivity index (χ1n) is 29.6. The molecule has 0 radical (unpaired) electrons. The molecular formula is C77H91ClN4. The Bertz CT molecular complexity index is 3720. The summed E-state index contributed by atoms with van der Waals surface area (Å²) in [6.45, 7) is 48.2. The van der Waals surface area contributed by atoms with E-state index in [4.69, 9.17) is 16.6 Å². The van der Waals surface area contributed by atoms with E-state index in [-0.39, 0.29) is 37.9 Å². The molecule has 0 bridgehead atoms. The fourth-order valence-corrected chi connectivity index (χ4v) is 11.2. The summed E-state index contributed by atoms with van der Waals surface area (Å²) in [7, 11) is 0. The molecule has 426 valence electrons. The highest BCUT2D eigenvalue weighted by atomic mass is 35.5. The first-order chi connectivity index (χ1) is 38.0. The third-order valence-corrected chi connectivity index (χ3v) is 16.8. The number of para-hydroxylation sites is 1. The summed E-state index contributed by atoms with van der Waals surface area (Å²) < 4.78 is 2.34. The number of hydrogen-bond acceptors (Lipinski definition) is 3. The van der Waals surface area contributed by atoms with Gasteiger partial charge in [0.1, 0.15) is 11.3 Å². The van der Waals surface area contributed by atoms with Gasteiger partial charge < -0.3 is 9.80 Å². The van der Waals surface area contributed by atoms with Crippen molar-refractivity contribution in [2.75, 3.05) is 9.80 Å². The third kappa shape index (κ3) is 12.3. The van der Waals surface area contributed by atoms with Gasteiger partial charge >= 0.3 is 0 Å². The van der Waals surface area contributed by atoms with E-state index >= 15 is 0 Å². The molecule has 4 nitrogen and oxygen atoms in total. The fourth-order valence-electron chi connectivity index (χ4n) is 10.9. The van der Waals surface area contributed by atoms with Crippen LogP contribution in [0.3, 0.4) is 0 Å². The minimum atomic E-state index is -0.305. The number of benzene rings is 8. The Morgan fingerprint density at radius 3 is 1.23 bits per heavy atom. The predicted octanol–water partition coefficient (Wildman–Crippen LogP) is 23.0. The van der Waals surface area contributed by atoms with Crippen LogP contribution in [0.5, 0.6) is 0 Å². The van der Waals surface area contributed by atoms with Crippen LogP contribution in [-0.4, -0.2) is 9.55 Å². The van der Waals surface area contributed by atoms with Gasteiger partial charge in [-0.2, -0.15) is 0 Å². The number of nitrogens with zero attached hydrogens (tertiary/aromatic N) is 4. The van der Waals surface area contributed by atoms with Crippen molar-refractivity contribution in [3.05, 3.63) is 214 Å². The molecule has 1 aromatic heterocycles. The molecule has 0 unspecified atom stereocenters. The quantitative estimate of drug-likeness (QED) is 0.144. The molecule has 1 heterocycles. The summed E-state index contributed by atoms with van der Waals surface area (Å²) in [6, 6.07) is 63.6. The Labute approximate surface area is 498 Å². The molecule has 0 aliphatic carbocycles. The normalized spacial score (nSPS) is 13.0. The molecule has 0 aliphatic heterocycles. The van der Waals surface area contributed by atoms with E-state index in [9.17, 15) is 0 Å². The Morgan fingerprint density at radius 1 is 0.329 bits per heavy atom. The van der Waals surface area contributed by atoms with Gasteiger partial charge in [-0.15, -0.1) is 0 Å². The van der Waals surface area contributed by atoms with Crippen LogP contribution in [0.4, 0.5) is 34.1 Å². The largest absolute Gasteiger partial charge is 0.308 e. The van der Waals surface area contributed by atoms with Crippen molar-refractivity contribution in [2.24, 2.45) is 0 Å². The molecule has 0 aliphatic rings. The Balaban J connectivity index is 1.43. The number of anilines is 6. The summed E-state index contributed by atoms with van der Waals surface area (Å²) in [5.74, 6) is 0.868. The number of rotatable bonds is 9. The third-order valence-electron chi connectivity index (χ3n) is 16.4. The van der Waals surface area contributed by atoms with Gasteiger partial charge in [-0.05, 0) is 155 Å². The highest BCUT2D eigenvalue weighted by Gasteiger charge is 2.33. The van der Waals surface area contributed by atoms with Gasteiger partial charge in [0.25, 0.3) is 0 Å². The van der Waals surface area contributed by atoms with Crippen LogP contribution in [0.2, 0.25) is 5.02 Å². The van der Waals surface area contributed by atoms with Crippen molar-refractivity contribution >= 4 is 56.8 Å². The molecule has 9 aromatic rings. The Kier molecular flexibility index (Phi) is 15.6. The van der Waals surface area contributed by atoms with Gasteiger partial charge in [0.15, 0.2) is 0 Å². The minimum Gasteiger partial charge on any atom is -0.308 e. The van der Waals surface area contributed by atoms with Crippen molar-refractivity contribution in [1.29, 1.82) is 0 Å². The zero-order valence-corrected chi connectivity index (χ0v) is 54.1. The molecule has 9 rings (SSSR count). The maximum Gasteiger partial charge on any atom is 0.145 e. The number of imidazole rings is 1. The Morgan fingerprint density at radius 2 is 0.756 bits per heavy atom. The topological polar surface area (TPSA) is 24.3 Å². The van der Waals surface area contributed by atoms with E-state index < -0.39 is 0 Å². The fraction of sp³-hybridized carbons (Fsp3) is 0.364. The van der Waals surface area contributed by atoms with Crippen molar-refractivity contribution in [1.82, 2.24) is 9.55 Å². The summed E-state index contributed by atoms with van der Waals surface area (Å²) in [4.78, 5) is 10.6. The standard InChI is InChI=1S/C77H91ClN4/c1-71(2,3)52-32-30-50(31-33-52)62-47-55(74(10,11)12)38-43-63(62)80(59-39-34-53(35-40-59)72(4,5)6)66-48-58(77(19,20)21)49-67(68(66)78)81(61-45-56(75(13,14)15)44-57(46-61)76(16,17)18)64-28-25-29-65-69(64)79-70(51-26-23-22-24-27-51)82(65)60-41-36-54(37-42-60)73(7,8)9/h22-49H,1-21H3. The SMILES string of the molecule is CC(C)(C)c1ccc(-c2cc(C(C)(C)C)ccc2N(c2ccc(C(C)(C)C)cc2)c2cc(C(C)(C)C)cc(N(c3cc(C(C)(C)C)cc(C(C)(C)C)c3)c3cccc4c3nc(-c3ccccc3)n4-c3ccc(C(C)(C)C)cc3)c2Cl)cc1. The molecule has 0 fully saturated rings. The summed E-state index contributed by atoms with van der Waals surface area (Å²) in [5.41, 5.74) is 19.9. The highest BCUT2D eigenvalue weighted by Crippen LogP contribution is 2.53. The molecule has 0 amide bonds. The maximum absolute atomic E-state index is 8.58. The lowest BCUT2D eigenvalue weighted by Gasteiger charge is -2.36. The number of halogens is 1. The van der Waals surface area contributed by atoms with E-state index in [1.165, 1.54) is 33.4 Å². The number of fused-ring (bicyclic) bond motifs is 1. The van der Waals surface area contributed by atoms with E-state index in [2.05, 4.69) is 330 Å². The van der Waals surface area contributed by atoms with E-state index in [1.54, 1.807) is 0 Å². The van der Waals surface area contributed by atoms with Gasteiger partial charge in [0, 0.05) is 28.2 Å². The summed E-state index contributed by atoms with van der Waals surface area (Å²) >= 11 is 8.58.